The summed E-state index contributed by atoms with van der Waals surface area (Å²) in [6.45, 7) is 5.43. The Balaban J connectivity index is 2.18. The normalized spacial score (nSPS) is 20.8. The summed E-state index contributed by atoms with van der Waals surface area (Å²) in [5.41, 5.74) is 10.9. The third-order valence-corrected chi connectivity index (χ3v) is 4.07. The van der Waals surface area contributed by atoms with Crippen LogP contribution in [0.3, 0.4) is 0 Å². The first-order valence-electron chi connectivity index (χ1n) is 6.76. The Labute approximate surface area is 114 Å². The number of hydrogen-bond donors (Lipinski definition) is 2. The lowest BCUT2D eigenvalue weighted by molar-refractivity contribution is 0.324. The van der Waals surface area contributed by atoms with Crippen molar-refractivity contribution in [2.24, 2.45) is 0 Å². The molecular formula is C17H20N2. The molecule has 0 aromatic heterocycles. The number of fused-ring (bicyclic) bond motifs is 1. The Kier molecular flexibility index (Phi) is 2.83. The molecule has 0 amide bonds. The van der Waals surface area contributed by atoms with Crippen LogP contribution < -0.4 is 11.1 Å². The summed E-state index contributed by atoms with van der Waals surface area (Å²) < 4.78 is 0. The minimum absolute atomic E-state index is 0.0299. The van der Waals surface area contributed by atoms with Gasteiger partial charge in [-0.2, -0.15) is 0 Å². The van der Waals surface area contributed by atoms with E-state index >= 15 is 0 Å². The monoisotopic (exact) mass is 252 g/mol. The second kappa shape index (κ2) is 4.39. The Morgan fingerprint density at radius 3 is 2.58 bits per heavy atom. The maximum absolute atomic E-state index is 5.99. The number of anilines is 1. The van der Waals surface area contributed by atoms with Crippen molar-refractivity contribution in [3.63, 3.8) is 0 Å². The summed E-state index contributed by atoms with van der Waals surface area (Å²) >= 11 is 0. The van der Waals surface area contributed by atoms with Crippen LogP contribution in [0, 0.1) is 0 Å². The molecule has 98 valence electrons. The quantitative estimate of drug-likeness (QED) is 0.764. The van der Waals surface area contributed by atoms with E-state index in [1.807, 2.05) is 6.07 Å². The summed E-state index contributed by atoms with van der Waals surface area (Å²) in [6, 6.07) is 16.9. The number of nitrogens with two attached hydrogens (primary N) is 1. The van der Waals surface area contributed by atoms with Crippen molar-refractivity contribution in [2.75, 3.05) is 5.73 Å². The number of benzene rings is 2. The van der Waals surface area contributed by atoms with Crippen LogP contribution in [-0.2, 0) is 6.54 Å². The summed E-state index contributed by atoms with van der Waals surface area (Å²) in [7, 11) is 0. The van der Waals surface area contributed by atoms with Crippen LogP contribution >= 0.6 is 0 Å². The van der Waals surface area contributed by atoms with Crippen LogP contribution in [0.5, 0.6) is 0 Å². The molecule has 0 radical (unpaired) electrons. The highest BCUT2D eigenvalue weighted by Crippen LogP contribution is 2.40. The van der Waals surface area contributed by atoms with E-state index in [-0.39, 0.29) is 5.54 Å². The van der Waals surface area contributed by atoms with Crippen LogP contribution in [0.15, 0.2) is 48.5 Å². The van der Waals surface area contributed by atoms with Crippen molar-refractivity contribution < 1.29 is 0 Å². The van der Waals surface area contributed by atoms with Gasteiger partial charge in [0.05, 0.1) is 0 Å². The van der Waals surface area contributed by atoms with Crippen molar-refractivity contribution in [1.29, 1.82) is 0 Å². The van der Waals surface area contributed by atoms with Crippen molar-refractivity contribution >= 4 is 5.69 Å². The van der Waals surface area contributed by atoms with Crippen molar-refractivity contribution in [3.8, 4) is 0 Å². The number of hydrogen-bond acceptors (Lipinski definition) is 2. The minimum atomic E-state index is 0.0299. The molecule has 19 heavy (non-hydrogen) atoms. The van der Waals surface area contributed by atoms with E-state index in [1.54, 1.807) is 0 Å². The molecule has 0 bridgehead atoms. The first-order valence-corrected chi connectivity index (χ1v) is 6.76. The molecule has 0 saturated carbocycles. The van der Waals surface area contributed by atoms with Crippen molar-refractivity contribution in [3.05, 3.63) is 65.2 Å². The van der Waals surface area contributed by atoms with Gasteiger partial charge in [-0.25, -0.2) is 0 Å². The van der Waals surface area contributed by atoms with Gasteiger partial charge in [-0.3, -0.25) is 0 Å². The first kappa shape index (κ1) is 12.2. The third kappa shape index (κ3) is 2.13. The highest BCUT2D eigenvalue weighted by molar-refractivity contribution is 5.51. The highest BCUT2D eigenvalue weighted by atomic mass is 15.0. The van der Waals surface area contributed by atoms with Gasteiger partial charge in [-0.05, 0) is 42.7 Å². The van der Waals surface area contributed by atoms with Gasteiger partial charge in [0.2, 0.25) is 0 Å². The Morgan fingerprint density at radius 2 is 1.84 bits per heavy atom. The standard InChI is InChI=1S/C17H20N2/c1-17(2)16(12-6-4-3-5-7-12)15-10-14(18)9-8-13(15)11-19-17/h3-10,16,19H,11,18H2,1-2H3. The van der Waals surface area contributed by atoms with E-state index < -0.39 is 0 Å². The van der Waals surface area contributed by atoms with Crippen LogP contribution in [-0.4, -0.2) is 5.54 Å². The fraction of sp³-hybridized carbons (Fsp3) is 0.294. The molecule has 0 fully saturated rings. The van der Waals surface area contributed by atoms with E-state index in [0.717, 1.165) is 12.2 Å². The van der Waals surface area contributed by atoms with Gasteiger partial charge < -0.3 is 11.1 Å². The molecule has 2 aromatic rings. The largest absolute Gasteiger partial charge is 0.399 e. The average molecular weight is 252 g/mol. The van der Waals surface area contributed by atoms with E-state index in [1.165, 1.54) is 16.7 Å². The molecular weight excluding hydrogens is 232 g/mol. The van der Waals surface area contributed by atoms with Crippen LogP contribution in [0.1, 0.15) is 36.5 Å². The molecule has 1 aliphatic rings. The lowest BCUT2D eigenvalue weighted by Crippen LogP contribution is -2.48. The van der Waals surface area contributed by atoms with Gasteiger partial charge >= 0.3 is 0 Å². The maximum atomic E-state index is 5.99. The SMILES string of the molecule is CC1(C)NCc2ccc(N)cc2C1c1ccccc1. The van der Waals surface area contributed by atoms with Crippen LogP contribution in [0.4, 0.5) is 5.69 Å². The van der Waals surface area contributed by atoms with Crippen LogP contribution in [0.25, 0.3) is 0 Å². The lowest BCUT2D eigenvalue weighted by Gasteiger charge is -2.41. The smallest absolute Gasteiger partial charge is 0.0317 e. The molecule has 0 aliphatic carbocycles. The molecule has 3 rings (SSSR count). The molecule has 1 atom stereocenters. The Hall–Kier alpha value is -1.80. The third-order valence-electron chi connectivity index (χ3n) is 4.07. The lowest BCUT2D eigenvalue weighted by atomic mass is 9.73. The summed E-state index contributed by atoms with van der Waals surface area (Å²) in [5.74, 6) is 0.334. The zero-order valence-corrected chi connectivity index (χ0v) is 11.5. The highest BCUT2D eigenvalue weighted by Gasteiger charge is 2.36. The minimum Gasteiger partial charge on any atom is -0.399 e. The summed E-state index contributed by atoms with van der Waals surface area (Å²) in [6.07, 6.45) is 0. The van der Waals surface area contributed by atoms with Gasteiger partial charge in [0.25, 0.3) is 0 Å². The molecule has 1 unspecified atom stereocenters. The second-order valence-electron chi connectivity index (χ2n) is 5.88. The molecule has 3 N–H and O–H groups in total. The first-order chi connectivity index (χ1) is 9.08. The number of rotatable bonds is 1. The molecule has 0 saturated heterocycles. The Morgan fingerprint density at radius 1 is 1.11 bits per heavy atom. The number of nitrogens with one attached hydrogen (secondary N) is 1. The molecule has 2 aromatic carbocycles. The van der Waals surface area contributed by atoms with Gasteiger partial charge in [0.1, 0.15) is 0 Å². The van der Waals surface area contributed by atoms with Gasteiger partial charge in [0.15, 0.2) is 0 Å². The second-order valence-corrected chi connectivity index (χ2v) is 5.88. The zero-order valence-electron chi connectivity index (χ0n) is 11.5. The molecule has 1 aliphatic heterocycles. The van der Waals surface area contributed by atoms with E-state index in [0.29, 0.717) is 5.92 Å². The molecule has 0 spiro atoms. The van der Waals surface area contributed by atoms with Gasteiger partial charge in [-0.1, -0.05) is 36.4 Å². The zero-order chi connectivity index (χ0) is 13.5. The predicted octanol–water partition coefficient (Wildman–Crippen LogP) is 3.28. The van der Waals surface area contributed by atoms with E-state index in [9.17, 15) is 0 Å². The van der Waals surface area contributed by atoms with E-state index in [4.69, 9.17) is 5.73 Å². The summed E-state index contributed by atoms with van der Waals surface area (Å²) in [4.78, 5) is 0. The fourth-order valence-electron chi connectivity index (χ4n) is 3.10. The van der Waals surface area contributed by atoms with Crippen molar-refractivity contribution in [2.45, 2.75) is 31.8 Å². The Bertz CT molecular complexity index is 587. The van der Waals surface area contributed by atoms with Crippen LogP contribution in [0.2, 0.25) is 0 Å². The van der Waals surface area contributed by atoms with Crippen molar-refractivity contribution in [1.82, 2.24) is 5.32 Å². The predicted molar refractivity (Wildman–Crippen MR) is 80.1 cm³/mol. The molecule has 2 nitrogen and oxygen atoms in total. The molecule has 1 heterocycles. The average Bonchev–Trinajstić information content (AvgIpc) is 2.38. The fourth-order valence-corrected chi connectivity index (χ4v) is 3.10. The topological polar surface area (TPSA) is 38.0 Å². The molecule has 2 heteroatoms. The van der Waals surface area contributed by atoms with E-state index in [2.05, 4.69) is 61.6 Å². The number of nitrogen functional groups attached to an aromatic ring is 1. The summed E-state index contributed by atoms with van der Waals surface area (Å²) in [5, 5.41) is 3.64. The maximum Gasteiger partial charge on any atom is 0.0317 e. The van der Waals surface area contributed by atoms with Gasteiger partial charge in [-0.15, -0.1) is 0 Å². The van der Waals surface area contributed by atoms with Gasteiger partial charge in [0, 0.05) is 23.7 Å².